The zero-order valence-corrected chi connectivity index (χ0v) is 15.1. The first-order valence-corrected chi connectivity index (χ1v) is 9.08. The summed E-state index contributed by atoms with van der Waals surface area (Å²) in [4.78, 5) is 0. The number of rotatable bonds is 5. The highest BCUT2D eigenvalue weighted by molar-refractivity contribution is 6.22. The van der Waals surface area contributed by atoms with Gasteiger partial charge in [-0.15, -0.1) is 0 Å². The molecule has 0 spiro atoms. The number of hydrogen-bond donors (Lipinski definition) is 0. The Balaban J connectivity index is 1.83. The van der Waals surface area contributed by atoms with Gasteiger partial charge in [0.05, 0.1) is 6.61 Å². The zero-order valence-electron chi connectivity index (χ0n) is 13.1. The van der Waals surface area contributed by atoms with Crippen molar-refractivity contribution >= 4 is 10.2 Å². The van der Waals surface area contributed by atoms with Gasteiger partial charge in [0.15, 0.2) is 0 Å². The lowest BCUT2D eigenvalue weighted by molar-refractivity contribution is 0.0859. The summed E-state index contributed by atoms with van der Waals surface area (Å²) < 4.78 is 6.01. The first kappa shape index (κ1) is 14.9. The number of allylic oxidation sites excluding steroid dienone is 3. The molecule has 3 unspecified atom stereocenters. The van der Waals surface area contributed by atoms with Crippen molar-refractivity contribution in [3.8, 4) is 0 Å². The van der Waals surface area contributed by atoms with Crippen molar-refractivity contribution in [3.05, 3.63) is 23.1 Å². The van der Waals surface area contributed by atoms with Gasteiger partial charge in [-0.2, -0.15) is 0 Å². The Hall–Kier alpha value is -0.503. The molecule has 2 rings (SSSR count). The average Bonchev–Trinajstić information content (AvgIpc) is 2.75. The standard InChI is InChI=1S/C17H30OSi/c1-12(2)17-13(3)6-4-7-14(17)10-11-18-15-8-5-9-16(15)19/h5,8,12-14,17H,4,6-7,9-11H2,1-3,19H3. The van der Waals surface area contributed by atoms with Crippen LogP contribution in [0, 0.1) is 23.7 Å². The van der Waals surface area contributed by atoms with Crippen molar-refractivity contribution in [3.63, 3.8) is 0 Å². The molecule has 0 saturated heterocycles. The summed E-state index contributed by atoms with van der Waals surface area (Å²) in [6.45, 7) is 8.18. The van der Waals surface area contributed by atoms with E-state index in [4.69, 9.17) is 4.74 Å². The molecule has 2 aliphatic carbocycles. The Morgan fingerprint density at radius 1 is 1.37 bits per heavy atom. The van der Waals surface area contributed by atoms with Crippen LogP contribution in [0.1, 0.15) is 52.9 Å². The molecule has 2 heteroatoms. The molecule has 0 radical (unpaired) electrons. The third-order valence-corrected chi connectivity index (χ3v) is 5.97. The maximum Gasteiger partial charge on any atom is 0.113 e. The molecule has 1 fully saturated rings. The third kappa shape index (κ3) is 3.74. The van der Waals surface area contributed by atoms with Gasteiger partial charge in [-0.25, -0.2) is 0 Å². The average molecular weight is 279 g/mol. The lowest BCUT2D eigenvalue weighted by Gasteiger charge is -2.39. The fourth-order valence-electron chi connectivity index (χ4n) is 4.17. The molecule has 0 aromatic heterocycles. The molecule has 0 N–H and O–H groups in total. The van der Waals surface area contributed by atoms with Crippen molar-refractivity contribution in [2.45, 2.75) is 52.9 Å². The summed E-state index contributed by atoms with van der Waals surface area (Å²) >= 11 is 0. The second kappa shape index (κ2) is 6.78. The molecule has 1 nitrogen and oxygen atoms in total. The van der Waals surface area contributed by atoms with E-state index >= 15 is 0 Å². The van der Waals surface area contributed by atoms with E-state index in [0.717, 1.165) is 46.9 Å². The fourth-order valence-corrected chi connectivity index (χ4v) is 4.71. The predicted molar refractivity (Wildman–Crippen MR) is 86.1 cm³/mol. The van der Waals surface area contributed by atoms with Gasteiger partial charge in [0.25, 0.3) is 0 Å². The minimum absolute atomic E-state index is 0.819. The van der Waals surface area contributed by atoms with E-state index < -0.39 is 0 Å². The van der Waals surface area contributed by atoms with Gasteiger partial charge < -0.3 is 4.74 Å². The van der Waals surface area contributed by atoms with Gasteiger partial charge in [0, 0.05) is 10.2 Å². The highest BCUT2D eigenvalue weighted by Gasteiger charge is 2.32. The molecular formula is C17H30OSi. The van der Waals surface area contributed by atoms with Gasteiger partial charge in [0.1, 0.15) is 5.76 Å². The quantitative estimate of drug-likeness (QED) is 0.698. The topological polar surface area (TPSA) is 9.23 Å². The monoisotopic (exact) mass is 278 g/mol. The van der Waals surface area contributed by atoms with Gasteiger partial charge in [-0.05, 0) is 47.8 Å². The minimum Gasteiger partial charge on any atom is -0.494 e. The second-order valence-corrected chi connectivity index (χ2v) is 8.08. The summed E-state index contributed by atoms with van der Waals surface area (Å²) in [7, 11) is 1.14. The Kier molecular flexibility index (Phi) is 5.32. The lowest BCUT2D eigenvalue weighted by Crippen LogP contribution is -2.31. The van der Waals surface area contributed by atoms with Crippen LogP contribution in [0.3, 0.4) is 0 Å². The molecule has 0 heterocycles. The number of hydrogen-bond acceptors (Lipinski definition) is 1. The van der Waals surface area contributed by atoms with E-state index in [9.17, 15) is 0 Å². The van der Waals surface area contributed by atoms with Gasteiger partial charge in [0.2, 0.25) is 0 Å². The van der Waals surface area contributed by atoms with Crippen molar-refractivity contribution in [1.29, 1.82) is 0 Å². The van der Waals surface area contributed by atoms with Crippen molar-refractivity contribution in [1.82, 2.24) is 0 Å². The van der Waals surface area contributed by atoms with E-state index in [-0.39, 0.29) is 0 Å². The van der Waals surface area contributed by atoms with E-state index in [0.29, 0.717) is 0 Å². The van der Waals surface area contributed by atoms with Crippen LogP contribution in [0.25, 0.3) is 0 Å². The first-order chi connectivity index (χ1) is 9.09. The summed E-state index contributed by atoms with van der Waals surface area (Å²) in [5.41, 5.74) is 0. The van der Waals surface area contributed by atoms with Crippen LogP contribution in [0.4, 0.5) is 0 Å². The van der Waals surface area contributed by atoms with Crippen LogP contribution in [-0.2, 0) is 4.74 Å². The normalized spacial score (nSPS) is 31.5. The minimum atomic E-state index is 0.819. The van der Waals surface area contributed by atoms with Crippen molar-refractivity contribution < 1.29 is 4.74 Å². The highest BCUT2D eigenvalue weighted by atomic mass is 28.1. The molecule has 0 aliphatic heterocycles. The largest absolute Gasteiger partial charge is 0.494 e. The molecule has 0 aromatic rings. The van der Waals surface area contributed by atoms with Crippen LogP contribution in [-0.4, -0.2) is 16.8 Å². The molecule has 0 amide bonds. The van der Waals surface area contributed by atoms with Crippen LogP contribution >= 0.6 is 0 Å². The van der Waals surface area contributed by atoms with E-state index in [1.54, 1.807) is 0 Å². The molecule has 2 aliphatic rings. The maximum atomic E-state index is 6.01. The Morgan fingerprint density at radius 3 is 2.79 bits per heavy atom. The summed E-state index contributed by atoms with van der Waals surface area (Å²) in [5.74, 6) is 4.70. The maximum absolute atomic E-state index is 6.01. The van der Waals surface area contributed by atoms with Crippen molar-refractivity contribution in [2.75, 3.05) is 6.61 Å². The summed E-state index contributed by atoms with van der Waals surface area (Å²) in [5, 5.41) is 1.53. The Bertz CT molecular complexity index is 356. The predicted octanol–water partition coefficient (Wildman–Crippen LogP) is 3.64. The fraction of sp³-hybridized carbons (Fsp3) is 0.765. The summed E-state index contributed by atoms with van der Waals surface area (Å²) in [6.07, 6.45) is 11.1. The van der Waals surface area contributed by atoms with Crippen LogP contribution in [0.5, 0.6) is 0 Å². The number of ether oxygens (including phenoxy) is 1. The molecule has 108 valence electrons. The molecular weight excluding hydrogens is 248 g/mol. The highest BCUT2D eigenvalue weighted by Crippen LogP contribution is 2.41. The Morgan fingerprint density at radius 2 is 2.16 bits per heavy atom. The first-order valence-electron chi connectivity index (χ1n) is 8.08. The Labute approximate surface area is 121 Å². The van der Waals surface area contributed by atoms with Gasteiger partial charge >= 0.3 is 0 Å². The lowest BCUT2D eigenvalue weighted by atomic mass is 9.67. The van der Waals surface area contributed by atoms with Crippen LogP contribution in [0.2, 0.25) is 0 Å². The zero-order chi connectivity index (χ0) is 13.8. The van der Waals surface area contributed by atoms with E-state index in [1.165, 1.54) is 36.6 Å². The molecule has 3 atom stereocenters. The van der Waals surface area contributed by atoms with E-state index in [1.807, 2.05) is 0 Å². The van der Waals surface area contributed by atoms with Gasteiger partial charge in [-0.3, -0.25) is 0 Å². The second-order valence-electron chi connectivity index (χ2n) is 6.88. The third-order valence-electron chi connectivity index (χ3n) is 5.07. The molecule has 0 aromatic carbocycles. The van der Waals surface area contributed by atoms with Crippen LogP contribution < -0.4 is 0 Å². The SMILES string of the molecule is CC(C)C1C(C)CCCC1CCOC1=C([SiH3])CC=C1. The molecule has 19 heavy (non-hydrogen) atoms. The van der Waals surface area contributed by atoms with Gasteiger partial charge in [-0.1, -0.05) is 46.1 Å². The summed E-state index contributed by atoms with van der Waals surface area (Å²) in [6, 6.07) is 0. The molecule has 0 bridgehead atoms. The molecule has 1 saturated carbocycles. The van der Waals surface area contributed by atoms with E-state index in [2.05, 4.69) is 32.9 Å². The van der Waals surface area contributed by atoms with Crippen molar-refractivity contribution in [2.24, 2.45) is 23.7 Å². The van der Waals surface area contributed by atoms with Crippen LogP contribution in [0.15, 0.2) is 23.1 Å². The smallest absolute Gasteiger partial charge is 0.113 e.